The van der Waals surface area contributed by atoms with Crippen molar-refractivity contribution in [1.82, 2.24) is 4.90 Å². The van der Waals surface area contributed by atoms with Crippen LogP contribution in [0.1, 0.15) is 66.0 Å². The Bertz CT molecular complexity index is 2570. The van der Waals surface area contributed by atoms with E-state index in [1.165, 1.54) is 38.8 Å². The average Bonchev–Trinajstić information content (AvgIpc) is 3.59. The maximum atomic E-state index is 14.7. The summed E-state index contributed by atoms with van der Waals surface area (Å²) in [5, 5.41) is 4.45. The van der Waals surface area contributed by atoms with Gasteiger partial charge in [-0.2, -0.15) is 0 Å². The molecule has 2 unspecified atom stereocenters. The van der Waals surface area contributed by atoms with Crippen molar-refractivity contribution in [1.29, 1.82) is 0 Å². The van der Waals surface area contributed by atoms with Crippen molar-refractivity contribution < 1.29 is 9.59 Å². The molecule has 1 aliphatic heterocycles. The third-order valence-electron chi connectivity index (χ3n) is 12.4. The Morgan fingerprint density at radius 1 is 0.686 bits per heavy atom. The van der Waals surface area contributed by atoms with Crippen molar-refractivity contribution in [3.05, 3.63) is 166 Å². The Morgan fingerprint density at radius 2 is 1.39 bits per heavy atom. The van der Waals surface area contributed by atoms with Crippen molar-refractivity contribution in [3.63, 3.8) is 0 Å². The molecule has 51 heavy (non-hydrogen) atoms. The van der Waals surface area contributed by atoms with E-state index in [0.29, 0.717) is 17.6 Å². The second kappa shape index (κ2) is 11.2. The molecule has 248 valence electrons. The Labute approximate surface area is 298 Å². The van der Waals surface area contributed by atoms with Crippen LogP contribution in [0.5, 0.6) is 0 Å². The molecule has 10 rings (SSSR count). The number of Topliss-reactive ketones (excluding diaryl/α,β-unsaturated/α-hetero) is 1. The van der Waals surface area contributed by atoms with Crippen molar-refractivity contribution in [2.75, 3.05) is 7.05 Å². The van der Waals surface area contributed by atoms with Crippen LogP contribution in [-0.4, -0.2) is 23.6 Å². The largest absolute Gasteiger partial charge is 0.310 e. The van der Waals surface area contributed by atoms with E-state index >= 15 is 0 Å². The maximum Gasteiger partial charge on any atom is 0.259 e. The van der Waals surface area contributed by atoms with Crippen LogP contribution in [0.2, 0.25) is 0 Å². The average molecular weight is 662 g/mol. The minimum atomic E-state index is -0.175. The number of carbonyl (C=O) groups is 2. The summed E-state index contributed by atoms with van der Waals surface area (Å²) in [6.07, 6.45) is 5.33. The molecule has 0 saturated heterocycles. The van der Waals surface area contributed by atoms with Gasteiger partial charge in [-0.15, -0.1) is 0 Å². The molecule has 1 spiro atoms. The number of fused-ring (bicyclic) bond motifs is 10. The first-order valence-electron chi connectivity index (χ1n) is 18.5. The summed E-state index contributed by atoms with van der Waals surface area (Å²) in [6.45, 7) is 2.15. The number of carbonyl (C=O) groups excluding carboxylic acids is 2. The summed E-state index contributed by atoms with van der Waals surface area (Å²) >= 11 is 0. The summed E-state index contributed by atoms with van der Waals surface area (Å²) in [5.74, 6) is -0.152. The number of ketones is 1. The highest BCUT2D eigenvalue weighted by atomic mass is 16.2. The third kappa shape index (κ3) is 4.24. The van der Waals surface area contributed by atoms with Crippen LogP contribution < -0.4 is 0 Å². The lowest BCUT2D eigenvalue weighted by atomic mass is 9.65. The molecule has 1 amide bonds. The third-order valence-corrected chi connectivity index (χ3v) is 12.4. The minimum Gasteiger partial charge on any atom is -0.310 e. The molecule has 0 radical (unpaired) electrons. The van der Waals surface area contributed by atoms with Crippen LogP contribution >= 0.6 is 0 Å². The van der Waals surface area contributed by atoms with Gasteiger partial charge in [-0.25, -0.2) is 0 Å². The standard InChI is InChI=1S/C48H39NO2/c1-3-12-32-26-39(31-21-22-38-37-19-10-11-20-41(37)48(42(38)27-31)24-23-29-13-4-5-15-33(29)28-48)43-44(46(32)50)45(49(2)47(43)51)40-25-30-14-6-7-16-34(30)35-17-8-9-18-36(35)40/h4-11,13-22,25,27,32H,3,12,23-24,26,28H2,1-2H3. The van der Waals surface area contributed by atoms with E-state index in [0.717, 1.165) is 70.7 Å². The second-order valence-electron chi connectivity index (χ2n) is 15.0. The van der Waals surface area contributed by atoms with Crippen molar-refractivity contribution in [2.45, 2.75) is 50.9 Å². The van der Waals surface area contributed by atoms with Gasteiger partial charge in [0.15, 0.2) is 5.78 Å². The number of hydrogen-bond acceptors (Lipinski definition) is 2. The number of likely N-dealkylation sites (N-methyl/N-ethyl adjacent to an activating group) is 1. The number of nitrogens with zero attached hydrogens (tertiary/aromatic N) is 1. The predicted octanol–water partition coefficient (Wildman–Crippen LogP) is 10.5. The van der Waals surface area contributed by atoms with Crippen LogP contribution in [0.4, 0.5) is 0 Å². The van der Waals surface area contributed by atoms with Crippen LogP contribution in [-0.2, 0) is 27.8 Å². The smallest absolute Gasteiger partial charge is 0.259 e. The molecule has 3 nitrogen and oxygen atoms in total. The van der Waals surface area contributed by atoms with Gasteiger partial charge in [0.05, 0.1) is 16.8 Å². The van der Waals surface area contributed by atoms with Gasteiger partial charge >= 0.3 is 0 Å². The van der Waals surface area contributed by atoms with Crippen molar-refractivity contribution in [2.24, 2.45) is 5.92 Å². The number of allylic oxidation sites excluding steroid dienone is 1. The molecule has 6 aromatic carbocycles. The fourth-order valence-electron chi connectivity index (χ4n) is 10.1. The molecular formula is C48H39NO2. The molecule has 0 saturated carbocycles. The van der Waals surface area contributed by atoms with Crippen LogP contribution in [0, 0.1) is 5.92 Å². The molecule has 0 fully saturated rings. The first-order chi connectivity index (χ1) is 25.0. The molecular weight excluding hydrogens is 623 g/mol. The van der Waals surface area contributed by atoms with Crippen LogP contribution in [0.15, 0.2) is 132 Å². The normalized spacial score (nSPS) is 20.7. The Kier molecular flexibility index (Phi) is 6.67. The fraction of sp³-hybridized carbons (Fsp3) is 0.208. The molecule has 0 N–H and O–H groups in total. The van der Waals surface area contributed by atoms with Gasteiger partial charge < -0.3 is 4.90 Å². The molecule has 1 heterocycles. The maximum absolute atomic E-state index is 14.7. The summed E-state index contributed by atoms with van der Waals surface area (Å²) in [7, 11) is 1.85. The quantitative estimate of drug-likeness (QED) is 0.176. The predicted molar refractivity (Wildman–Crippen MR) is 207 cm³/mol. The Balaban J connectivity index is 1.21. The van der Waals surface area contributed by atoms with Gasteiger partial charge in [-0.3, -0.25) is 9.59 Å². The van der Waals surface area contributed by atoms with Crippen LogP contribution in [0.3, 0.4) is 0 Å². The zero-order chi connectivity index (χ0) is 34.4. The van der Waals surface area contributed by atoms with Gasteiger partial charge in [-0.1, -0.05) is 123 Å². The molecule has 3 aliphatic carbocycles. The molecule has 6 aromatic rings. The second-order valence-corrected chi connectivity index (χ2v) is 15.0. The Hall–Kier alpha value is -5.54. The topological polar surface area (TPSA) is 37.4 Å². The zero-order valence-corrected chi connectivity index (χ0v) is 29.1. The molecule has 4 aliphatic rings. The SMILES string of the molecule is CCCC1CC(c2ccc3c(c2)C2(CCc4ccccc4C2)c2ccccc2-3)=C2C(=O)N(C)C(c3cc4ccccc4c4ccccc34)=C2C1=O. The summed E-state index contributed by atoms with van der Waals surface area (Å²) in [5.41, 5.74) is 13.1. The van der Waals surface area contributed by atoms with E-state index in [2.05, 4.69) is 128 Å². The highest BCUT2D eigenvalue weighted by molar-refractivity contribution is 6.29. The van der Waals surface area contributed by atoms with Gasteiger partial charge in [-0.05, 0) is 110 Å². The van der Waals surface area contributed by atoms with Gasteiger partial charge in [0.1, 0.15) is 0 Å². The van der Waals surface area contributed by atoms with E-state index in [1.54, 1.807) is 4.90 Å². The minimum absolute atomic E-state index is 0.0828. The molecule has 0 bridgehead atoms. The van der Waals surface area contributed by atoms with E-state index in [1.807, 2.05) is 7.05 Å². The van der Waals surface area contributed by atoms with E-state index in [4.69, 9.17) is 0 Å². The summed E-state index contributed by atoms with van der Waals surface area (Å²) in [4.78, 5) is 31.1. The highest BCUT2D eigenvalue weighted by Crippen LogP contribution is 2.56. The number of hydrogen-bond donors (Lipinski definition) is 0. The van der Waals surface area contributed by atoms with Gasteiger partial charge in [0, 0.05) is 23.9 Å². The molecule has 0 aromatic heterocycles. The number of amides is 1. The van der Waals surface area contributed by atoms with Crippen molar-refractivity contribution in [3.8, 4) is 11.1 Å². The van der Waals surface area contributed by atoms with E-state index in [9.17, 15) is 9.59 Å². The van der Waals surface area contributed by atoms with E-state index in [-0.39, 0.29) is 23.0 Å². The Morgan fingerprint density at radius 3 is 2.24 bits per heavy atom. The summed E-state index contributed by atoms with van der Waals surface area (Å²) in [6, 6.07) is 43.7. The van der Waals surface area contributed by atoms with Crippen LogP contribution in [0.25, 0.3) is 43.9 Å². The molecule has 2 atom stereocenters. The van der Waals surface area contributed by atoms with E-state index < -0.39 is 0 Å². The van der Waals surface area contributed by atoms with Crippen molar-refractivity contribution >= 4 is 44.5 Å². The number of benzene rings is 6. The first kappa shape index (κ1) is 30.3. The first-order valence-corrected chi connectivity index (χ1v) is 18.5. The lowest BCUT2D eigenvalue weighted by molar-refractivity contribution is -0.123. The monoisotopic (exact) mass is 661 g/mol. The lowest BCUT2D eigenvalue weighted by Gasteiger charge is -2.37. The van der Waals surface area contributed by atoms with Gasteiger partial charge in [0.25, 0.3) is 5.91 Å². The number of rotatable bonds is 4. The fourth-order valence-corrected chi connectivity index (χ4v) is 10.1. The zero-order valence-electron chi connectivity index (χ0n) is 29.1. The molecule has 3 heteroatoms. The van der Waals surface area contributed by atoms with Gasteiger partial charge in [0.2, 0.25) is 0 Å². The number of aryl methyl sites for hydroxylation is 1. The highest BCUT2D eigenvalue weighted by Gasteiger charge is 2.47. The lowest BCUT2D eigenvalue weighted by Crippen LogP contribution is -2.33. The summed E-state index contributed by atoms with van der Waals surface area (Å²) < 4.78 is 0.